The van der Waals surface area contributed by atoms with E-state index in [1.54, 1.807) is 0 Å². The number of aliphatic hydroxyl groups is 2. The average Bonchev–Trinajstić information content (AvgIpc) is 3.39. The lowest BCUT2D eigenvalue weighted by molar-refractivity contribution is -0.0651. The number of nitrogens with one attached hydrogen (secondary N) is 1. The number of aliphatic hydroxyl groups excluding tert-OH is 1. The van der Waals surface area contributed by atoms with E-state index in [1.165, 1.54) is 17.5 Å². The number of oxazole rings is 1. The van der Waals surface area contributed by atoms with Crippen LogP contribution in [-0.4, -0.2) is 41.0 Å². The minimum atomic E-state index is -0.839. The molecule has 3 N–H and O–H groups in total. The van der Waals surface area contributed by atoms with Crippen LogP contribution < -0.4 is 5.32 Å². The number of aromatic nitrogens is 1. The smallest absolute Gasteiger partial charge is 0.181 e. The molecule has 0 bridgehead atoms. The molecule has 188 valence electrons. The van der Waals surface area contributed by atoms with Crippen LogP contribution in [0.15, 0.2) is 58.4 Å². The van der Waals surface area contributed by atoms with Gasteiger partial charge in [0.05, 0.1) is 11.7 Å². The Hall–Kier alpha value is -2.21. The maximum atomic E-state index is 12.3. The highest BCUT2D eigenvalue weighted by atomic mass is 16.3. The molecule has 4 aliphatic carbocycles. The summed E-state index contributed by atoms with van der Waals surface area (Å²) in [4.78, 5) is 4.27. The van der Waals surface area contributed by atoms with Gasteiger partial charge in [0.1, 0.15) is 5.52 Å². The molecule has 1 aromatic heterocycles. The van der Waals surface area contributed by atoms with Crippen molar-refractivity contribution < 1.29 is 14.6 Å². The van der Waals surface area contributed by atoms with Gasteiger partial charge in [0.2, 0.25) is 0 Å². The second-order valence-electron chi connectivity index (χ2n) is 11.8. The quantitative estimate of drug-likeness (QED) is 0.496. The van der Waals surface area contributed by atoms with Crippen molar-refractivity contribution in [1.82, 2.24) is 10.3 Å². The van der Waals surface area contributed by atoms with Crippen molar-refractivity contribution in [3.8, 4) is 0 Å². The van der Waals surface area contributed by atoms with Gasteiger partial charge in [0, 0.05) is 11.3 Å². The topological polar surface area (TPSA) is 78.5 Å². The number of hydrogen-bond donors (Lipinski definition) is 3. The van der Waals surface area contributed by atoms with Crippen molar-refractivity contribution in [3.63, 3.8) is 0 Å². The van der Waals surface area contributed by atoms with Gasteiger partial charge in [0.15, 0.2) is 12.0 Å². The average molecular weight is 477 g/mol. The van der Waals surface area contributed by atoms with Crippen LogP contribution in [0.2, 0.25) is 0 Å². The maximum absolute atomic E-state index is 12.3. The summed E-state index contributed by atoms with van der Waals surface area (Å²) < 4.78 is 5.60. The fraction of sp³-hybridized carbons (Fsp3) is 0.567. The summed E-state index contributed by atoms with van der Waals surface area (Å²) in [5.74, 6) is 0.610. The monoisotopic (exact) mass is 476 g/mol. The van der Waals surface area contributed by atoms with Crippen LogP contribution in [0.5, 0.6) is 0 Å². The molecule has 0 spiro atoms. The summed E-state index contributed by atoms with van der Waals surface area (Å²) in [6.45, 7) is 6.98. The molecule has 6 rings (SSSR count). The zero-order valence-corrected chi connectivity index (χ0v) is 21.8. The molecule has 2 aromatic rings. The molecule has 1 fully saturated rings. The second kappa shape index (κ2) is 8.72. The Morgan fingerprint density at radius 2 is 1.89 bits per heavy atom. The highest BCUT2D eigenvalue weighted by Gasteiger charge is 2.62. The van der Waals surface area contributed by atoms with Crippen LogP contribution in [0.3, 0.4) is 0 Å². The molecule has 0 aliphatic heterocycles. The first kappa shape index (κ1) is 24.5. The van der Waals surface area contributed by atoms with Crippen molar-refractivity contribution in [2.24, 2.45) is 22.7 Å². The third-order valence-electron chi connectivity index (χ3n) is 9.45. The van der Waals surface area contributed by atoms with Crippen LogP contribution in [0.1, 0.15) is 64.9 Å². The number of benzene rings is 1. The van der Waals surface area contributed by atoms with Gasteiger partial charge in [-0.3, -0.25) is 0 Å². The molecule has 0 radical (unpaired) electrons. The molecule has 35 heavy (non-hydrogen) atoms. The molecular formula is C30H40N2O3. The molecule has 5 heteroatoms. The summed E-state index contributed by atoms with van der Waals surface area (Å²) >= 11 is 0. The van der Waals surface area contributed by atoms with Crippen molar-refractivity contribution in [2.45, 2.75) is 71.0 Å². The molecule has 4 unspecified atom stereocenters. The van der Waals surface area contributed by atoms with E-state index in [2.05, 4.69) is 61.4 Å². The van der Waals surface area contributed by atoms with Crippen LogP contribution in [-0.2, 0) is 0 Å². The van der Waals surface area contributed by atoms with Gasteiger partial charge in [-0.05, 0) is 92.8 Å². The lowest BCUT2D eigenvalue weighted by atomic mass is 9.49. The number of fused-ring (bicyclic) bond motifs is 5. The standard InChI is InChI=1S/C28H33NO3.C2H7N/c1-26(2)15-20-12-19-13-21(30)6-4-17(19)10-11-28(20,31)25-9-7-22(27(25,26)3)18-5-8-23-24(14-18)32-16-29-23;1-3-2/h5,7-8,12,14-17,21,25,30-31H,4,6,9-11,13H2,1-3H3;3H,1-2H3/t17?,21?,25?,27?,28-;/m1./s1. The third kappa shape index (κ3) is 3.75. The number of rotatable bonds is 1. The summed E-state index contributed by atoms with van der Waals surface area (Å²) in [5, 5.41) is 25.3. The summed E-state index contributed by atoms with van der Waals surface area (Å²) in [6.07, 6.45) is 13.5. The van der Waals surface area contributed by atoms with Gasteiger partial charge >= 0.3 is 0 Å². The van der Waals surface area contributed by atoms with Gasteiger partial charge in [-0.15, -0.1) is 0 Å². The maximum Gasteiger partial charge on any atom is 0.181 e. The van der Waals surface area contributed by atoms with E-state index in [0.29, 0.717) is 5.92 Å². The Morgan fingerprint density at radius 1 is 1.11 bits per heavy atom. The lowest BCUT2D eigenvalue weighted by Crippen LogP contribution is -2.55. The van der Waals surface area contributed by atoms with E-state index < -0.39 is 5.60 Å². The molecule has 4 aliphatic rings. The zero-order valence-electron chi connectivity index (χ0n) is 21.8. The largest absolute Gasteiger partial charge is 0.443 e. The SMILES string of the molecule is CC1(C)C=C2C=C3CC(O)CCC3CC[C@]2(O)C2CC=C(c3ccc4ncoc4c3)C21C.CNC. The summed E-state index contributed by atoms with van der Waals surface area (Å²) in [6, 6.07) is 6.28. The van der Waals surface area contributed by atoms with E-state index in [-0.39, 0.29) is 22.9 Å². The Labute approximate surface area is 209 Å². The molecule has 1 aromatic carbocycles. The van der Waals surface area contributed by atoms with Gasteiger partial charge in [0.25, 0.3) is 0 Å². The minimum absolute atomic E-state index is 0.118. The fourth-order valence-corrected chi connectivity index (χ4v) is 7.35. The second-order valence-corrected chi connectivity index (χ2v) is 11.8. The van der Waals surface area contributed by atoms with Crippen molar-refractivity contribution >= 4 is 16.7 Å². The predicted octanol–water partition coefficient (Wildman–Crippen LogP) is 5.65. The van der Waals surface area contributed by atoms with Crippen molar-refractivity contribution in [1.29, 1.82) is 0 Å². The van der Waals surface area contributed by atoms with Crippen molar-refractivity contribution in [3.05, 3.63) is 59.5 Å². The predicted molar refractivity (Wildman–Crippen MR) is 141 cm³/mol. The fourth-order valence-electron chi connectivity index (χ4n) is 7.35. The van der Waals surface area contributed by atoms with E-state index in [4.69, 9.17) is 4.42 Å². The van der Waals surface area contributed by atoms with Crippen LogP contribution in [0.4, 0.5) is 0 Å². The first-order valence-electron chi connectivity index (χ1n) is 13.1. The lowest BCUT2D eigenvalue weighted by Gasteiger charge is -2.56. The Balaban J connectivity index is 0.000000806. The molecule has 1 heterocycles. The van der Waals surface area contributed by atoms with Gasteiger partial charge < -0.3 is 19.9 Å². The normalized spacial score (nSPS) is 35.4. The first-order valence-corrected chi connectivity index (χ1v) is 13.1. The Bertz CT molecular complexity index is 1210. The van der Waals surface area contributed by atoms with Crippen LogP contribution in [0, 0.1) is 22.7 Å². The molecule has 0 amide bonds. The van der Waals surface area contributed by atoms with E-state index >= 15 is 0 Å². The van der Waals surface area contributed by atoms with Gasteiger partial charge in [-0.2, -0.15) is 0 Å². The van der Waals surface area contributed by atoms with E-state index in [0.717, 1.165) is 60.8 Å². The van der Waals surface area contributed by atoms with E-state index in [1.807, 2.05) is 20.2 Å². The molecular weight excluding hydrogens is 436 g/mol. The number of hydrogen-bond acceptors (Lipinski definition) is 5. The third-order valence-corrected chi connectivity index (χ3v) is 9.45. The van der Waals surface area contributed by atoms with Crippen LogP contribution in [0.25, 0.3) is 16.7 Å². The number of allylic oxidation sites excluding steroid dienone is 3. The Kier molecular flexibility index (Phi) is 6.10. The Morgan fingerprint density at radius 3 is 2.66 bits per heavy atom. The number of nitrogens with zero attached hydrogens (tertiary/aromatic N) is 1. The molecule has 5 nitrogen and oxygen atoms in total. The van der Waals surface area contributed by atoms with E-state index in [9.17, 15) is 10.2 Å². The highest BCUT2D eigenvalue weighted by Crippen LogP contribution is 2.67. The van der Waals surface area contributed by atoms with Gasteiger partial charge in [-0.25, -0.2) is 4.98 Å². The zero-order chi connectivity index (χ0) is 25.0. The molecule has 5 atom stereocenters. The first-order chi connectivity index (χ1) is 16.6. The molecule has 0 saturated heterocycles. The van der Waals surface area contributed by atoms with Crippen molar-refractivity contribution in [2.75, 3.05) is 14.1 Å². The minimum Gasteiger partial charge on any atom is -0.443 e. The van der Waals surface area contributed by atoms with Gasteiger partial charge in [-0.1, -0.05) is 50.6 Å². The summed E-state index contributed by atoms with van der Waals surface area (Å²) in [7, 11) is 3.75. The summed E-state index contributed by atoms with van der Waals surface area (Å²) in [5.41, 5.74) is 5.39. The van der Waals surface area contributed by atoms with Crippen LogP contribution >= 0.6 is 0 Å². The molecule has 1 saturated carbocycles. The highest BCUT2D eigenvalue weighted by molar-refractivity contribution is 5.82.